The first-order chi connectivity index (χ1) is 16.1. The molecule has 0 fully saturated rings. The minimum atomic E-state index is 0.0817. The highest BCUT2D eigenvalue weighted by atomic mass is 15.2. The number of rotatable bonds is 6. The molecule has 0 saturated carbocycles. The normalized spacial score (nSPS) is 11.3. The van der Waals surface area contributed by atoms with Crippen LogP contribution in [-0.2, 0) is 0 Å². The van der Waals surface area contributed by atoms with Gasteiger partial charge in [-0.2, -0.15) is 4.98 Å². The van der Waals surface area contributed by atoms with Gasteiger partial charge in [-0.1, -0.05) is 72.7 Å². The molecule has 0 bridgehead atoms. The molecule has 4 heteroatoms. The molecular weight excluding hydrogens is 404 g/mol. The van der Waals surface area contributed by atoms with Crippen LogP contribution < -0.4 is 10.2 Å². The van der Waals surface area contributed by atoms with Crippen LogP contribution in [0.5, 0.6) is 0 Å². The second-order valence-electron chi connectivity index (χ2n) is 8.03. The highest BCUT2D eigenvalue weighted by Gasteiger charge is 2.15. The molecule has 1 heterocycles. The third-order valence-electron chi connectivity index (χ3n) is 5.64. The zero-order chi connectivity index (χ0) is 23.2. The molecule has 0 spiro atoms. The van der Waals surface area contributed by atoms with Crippen molar-refractivity contribution in [2.24, 2.45) is 0 Å². The number of hydrogen-bond acceptors (Lipinski definition) is 4. The van der Waals surface area contributed by atoms with Crippen molar-refractivity contribution in [1.82, 2.24) is 9.97 Å². The Kier molecular flexibility index (Phi) is 6.71. The lowest BCUT2D eigenvalue weighted by Crippen LogP contribution is -2.15. The van der Waals surface area contributed by atoms with E-state index in [0.29, 0.717) is 5.95 Å². The van der Waals surface area contributed by atoms with Crippen LogP contribution in [0.25, 0.3) is 11.1 Å². The Balaban J connectivity index is 1.70. The van der Waals surface area contributed by atoms with Gasteiger partial charge in [-0.3, -0.25) is 4.90 Å². The summed E-state index contributed by atoms with van der Waals surface area (Å²) >= 11 is 0. The van der Waals surface area contributed by atoms with Gasteiger partial charge < -0.3 is 5.32 Å². The van der Waals surface area contributed by atoms with E-state index < -0.39 is 0 Å². The first-order valence-corrected chi connectivity index (χ1v) is 11.1. The SMILES string of the molecule is CC#CN(c1ccnc(N[C@@H](C)c2ccccc2)n1)c1cc(-c2ccccc2C)ccc1C. The van der Waals surface area contributed by atoms with Crippen LogP contribution >= 0.6 is 0 Å². The number of nitrogens with zero attached hydrogens (tertiary/aromatic N) is 3. The van der Waals surface area contributed by atoms with Crippen LogP contribution in [0, 0.1) is 25.8 Å². The van der Waals surface area contributed by atoms with Crippen molar-refractivity contribution in [1.29, 1.82) is 0 Å². The molecule has 4 aromatic rings. The van der Waals surface area contributed by atoms with E-state index in [4.69, 9.17) is 4.98 Å². The fourth-order valence-electron chi connectivity index (χ4n) is 3.83. The maximum atomic E-state index is 4.80. The number of hydrogen-bond donors (Lipinski definition) is 1. The van der Waals surface area contributed by atoms with Crippen LogP contribution in [0.3, 0.4) is 0 Å². The summed E-state index contributed by atoms with van der Waals surface area (Å²) in [5.41, 5.74) is 6.92. The van der Waals surface area contributed by atoms with Crippen LogP contribution in [0.1, 0.15) is 36.6 Å². The quantitative estimate of drug-likeness (QED) is 0.262. The first kappa shape index (κ1) is 22.1. The van der Waals surface area contributed by atoms with Gasteiger partial charge in [0, 0.05) is 18.3 Å². The summed E-state index contributed by atoms with van der Waals surface area (Å²) in [5.74, 6) is 4.34. The van der Waals surface area contributed by atoms with Crippen LogP contribution in [0.4, 0.5) is 17.5 Å². The average molecular weight is 433 g/mol. The van der Waals surface area contributed by atoms with E-state index in [-0.39, 0.29) is 6.04 Å². The van der Waals surface area contributed by atoms with Crippen molar-refractivity contribution in [3.63, 3.8) is 0 Å². The van der Waals surface area contributed by atoms with Crippen molar-refractivity contribution >= 4 is 17.5 Å². The number of benzene rings is 3. The summed E-state index contributed by atoms with van der Waals surface area (Å²) < 4.78 is 0. The van der Waals surface area contributed by atoms with Crippen molar-refractivity contribution in [3.8, 4) is 23.1 Å². The summed E-state index contributed by atoms with van der Waals surface area (Å²) in [6.45, 7) is 8.17. The zero-order valence-electron chi connectivity index (χ0n) is 19.5. The molecule has 0 radical (unpaired) electrons. The molecule has 0 unspecified atom stereocenters. The van der Waals surface area contributed by atoms with E-state index in [2.05, 4.69) is 97.6 Å². The molecule has 4 rings (SSSR count). The Morgan fingerprint density at radius 3 is 2.39 bits per heavy atom. The lowest BCUT2D eigenvalue weighted by molar-refractivity contribution is 0.860. The predicted molar refractivity (Wildman–Crippen MR) is 137 cm³/mol. The third kappa shape index (κ3) is 5.05. The maximum absolute atomic E-state index is 4.80. The zero-order valence-corrected chi connectivity index (χ0v) is 19.5. The van der Waals surface area contributed by atoms with Crippen LogP contribution in [-0.4, -0.2) is 9.97 Å². The van der Waals surface area contributed by atoms with E-state index in [1.807, 2.05) is 36.1 Å². The van der Waals surface area contributed by atoms with E-state index >= 15 is 0 Å². The Morgan fingerprint density at radius 2 is 1.64 bits per heavy atom. The molecule has 0 saturated heterocycles. The largest absolute Gasteiger partial charge is 0.348 e. The topological polar surface area (TPSA) is 41.1 Å². The van der Waals surface area contributed by atoms with Gasteiger partial charge in [0.25, 0.3) is 0 Å². The van der Waals surface area contributed by atoms with Gasteiger partial charge >= 0.3 is 0 Å². The molecule has 0 aliphatic rings. The smallest absolute Gasteiger partial charge is 0.225 e. The lowest BCUT2D eigenvalue weighted by atomic mass is 9.98. The highest BCUT2D eigenvalue weighted by molar-refractivity contribution is 5.77. The van der Waals surface area contributed by atoms with Gasteiger partial charge in [-0.25, -0.2) is 4.98 Å². The molecule has 164 valence electrons. The summed E-state index contributed by atoms with van der Waals surface area (Å²) in [4.78, 5) is 11.2. The second-order valence-corrected chi connectivity index (χ2v) is 8.03. The standard InChI is InChI=1S/C29H28N4/c1-5-19-33(27-20-25(16-15-22(27)3)26-14-10-9-11-21(26)2)28-17-18-30-29(32-28)31-23(4)24-12-7-6-8-13-24/h6-18,20,23H,1-4H3,(H,30,31,32)/t23-/m0/s1. The highest BCUT2D eigenvalue weighted by Crippen LogP contribution is 2.33. The maximum Gasteiger partial charge on any atom is 0.225 e. The summed E-state index contributed by atoms with van der Waals surface area (Å²) in [5, 5.41) is 3.41. The lowest BCUT2D eigenvalue weighted by Gasteiger charge is -2.21. The van der Waals surface area contributed by atoms with E-state index in [1.54, 1.807) is 6.20 Å². The van der Waals surface area contributed by atoms with Crippen LogP contribution in [0.15, 0.2) is 85.1 Å². The molecule has 1 N–H and O–H groups in total. The van der Waals surface area contributed by atoms with Crippen molar-refractivity contribution < 1.29 is 0 Å². The Hall–Kier alpha value is -4.10. The first-order valence-electron chi connectivity index (χ1n) is 11.1. The average Bonchev–Trinajstić information content (AvgIpc) is 2.84. The van der Waals surface area contributed by atoms with Gasteiger partial charge in [0.2, 0.25) is 5.95 Å². The summed E-state index contributed by atoms with van der Waals surface area (Å²) in [7, 11) is 0. The molecule has 0 aliphatic heterocycles. The summed E-state index contributed by atoms with van der Waals surface area (Å²) in [6, 6.07) is 30.4. The predicted octanol–water partition coefficient (Wildman–Crippen LogP) is 7.05. The van der Waals surface area contributed by atoms with Gasteiger partial charge in [-0.05, 0) is 61.6 Å². The number of nitrogens with one attached hydrogen (secondary N) is 1. The molecular formula is C29H28N4. The molecule has 33 heavy (non-hydrogen) atoms. The summed E-state index contributed by atoms with van der Waals surface area (Å²) in [6.07, 6.45) is 1.77. The van der Waals surface area contributed by atoms with Gasteiger partial charge in [0.05, 0.1) is 11.7 Å². The fraction of sp³-hybridized carbons (Fsp3) is 0.172. The fourth-order valence-corrected chi connectivity index (χ4v) is 3.83. The van der Waals surface area contributed by atoms with E-state index in [0.717, 1.165) is 22.6 Å². The van der Waals surface area contributed by atoms with Crippen molar-refractivity contribution in [2.75, 3.05) is 10.2 Å². The van der Waals surface area contributed by atoms with Gasteiger partial charge in [-0.15, -0.1) is 0 Å². The van der Waals surface area contributed by atoms with Gasteiger partial charge in [0.15, 0.2) is 0 Å². The molecule has 0 aliphatic carbocycles. The molecule has 3 aromatic carbocycles. The number of aromatic nitrogens is 2. The van der Waals surface area contributed by atoms with Gasteiger partial charge in [0.1, 0.15) is 5.82 Å². The van der Waals surface area contributed by atoms with E-state index in [9.17, 15) is 0 Å². The molecule has 0 amide bonds. The van der Waals surface area contributed by atoms with Crippen molar-refractivity contribution in [2.45, 2.75) is 33.7 Å². The number of aryl methyl sites for hydroxylation is 2. The second kappa shape index (κ2) is 10.0. The minimum absolute atomic E-state index is 0.0817. The Morgan fingerprint density at radius 1 is 0.879 bits per heavy atom. The molecule has 1 aromatic heterocycles. The number of anilines is 3. The molecule has 4 nitrogen and oxygen atoms in total. The monoisotopic (exact) mass is 432 g/mol. The Labute approximate surface area is 196 Å². The van der Waals surface area contributed by atoms with Crippen LogP contribution in [0.2, 0.25) is 0 Å². The third-order valence-corrected chi connectivity index (χ3v) is 5.64. The molecule has 1 atom stereocenters. The Bertz CT molecular complexity index is 1300. The van der Waals surface area contributed by atoms with Crippen molar-refractivity contribution in [3.05, 3.63) is 102 Å². The minimum Gasteiger partial charge on any atom is -0.348 e. The van der Waals surface area contributed by atoms with E-state index in [1.165, 1.54) is 16.7 Å².